The SMILES string of the molecule is NC(=O)c1ncc(Cl)cc1Br. The molecule has 1 aromatic rings. The number of hydrogen-bond donors (Lipinski definition) is 1. The van der Waals surface area contributed by atoms with Crippen molar-refractivity contribution in [2.45, 2.75) is 0 Å². The molecule has 1 amide bonds. The highest BCUT2D eigenvalue weighted by Gasteiger charge is 2.06. The van der Waals surface area contributed by atoms with Crippen LogP contribution in [0.2, 0.25) is 5.02 Å². The number of nitrogens with two attached hydrogens (primary N) is 1. The van der Waals surface area contributed by atoms with Crippen molar-refractivity contribution in [1.29, 1.82) is 0 Å². The second-order valence-corrected chi connectivity index (χ2v) is 3.14. The molecule has 1 aromatic heterocycles. The van der Waals surface area contributed by atoms with E-state index in [-0.39, 0.29) is 5.69 Å². The minimum Gasteiger partial charge on any atom is -0.364 e. The van der Waals surface area contributed by atoms with Gasteiger partial charge in [-0.3, -0.25) is 4.79 Å². The highest BCUT2D eigenvalue weighted by Crippen LogP contribution is 2.18. The first-order valence-electron chi connectivity index (χ1n) is 2.72. The molecule has 5 heteroatoms. The third kappa shape index (κ3) is 1.91. The molecule has 1 rings (SSSR count). The molecule has 0 aliphatic carbocycles. The van der Waals surface area contributed by atoms with Gasteiger partial charge in [0.25, 0.3) is 5.91 Å². The van der Waals surface area contributed by atoms with Crippen molar-refractivity contribution in [2.24, 2.45) is 5.73 Å². The van der Waals surface area contributed by atoms with Crippen molar-refractivity contribution < 1.29 is 4.79 Å². The molecule has 0 saturated carbocycles. The predicted octanol–water partition coefficient (Wildman–Crippen LogP) is 1.60. The van der Waals surface area contributed by atoms with E-state index >= 15 is 0 Å². The summed E-state index contributed by atoms with van der Waals surface area (Å²) in [6.07, 6.45) is 1.37. The first-order chi connectivity index (χ1) is 5.11. The molecular formula is C6H4BrClN2O. The van der Waals surface area contributed by atoms with Crippen molar-refractivity contribution in [2.75, 3.05) is 0 Å². The molecule has 11 heavy (non-hydrogen) atoms. The smallest absolute Gasteiger partial charge is 0.268 e. The maximum absolute atomic E-state index is 10.6. The number of pyridine rings is 1. The Hall–Kier alpha value is -0.610. The summed E-state index contributed by atoms with van der Waals surface area (Å²) < 4.78 is 0.512. The van der Waals surface area contributed by atoms with Crippen LogP contribution in [0.5, 0.6) is 0 Å². The van der Waals surface area contributed by atoms with Crippen LogP contribution in [-0.4, -0.2) is 10.9 Å². The number of hydrogen-bond acceptors (Lipinski definition) is 2. The van der Waals surface area contributed by atoms with Crippen LogP contribution < -0.4 is 5.73 Å². The Morgan fingerprint density at radius 3 is 2.82 bits per heavy atom. The van der Waals surface area contributed by atoms with Crippen LogP contribution in [0.25, 0.3) is 0 Å². The van der Waals surface area contributed by atoms with Gasteiger partial charge in [0.05, 0.1) is 9.50 Å². The summed E-state index contributed by atoms with van der Waals surface area (Å²) in [5.41, 5.74) is 5.18. The van der Waals surface area contributed by atoms with Crippen molar-refractivity contribution in [1.82, 2.24) is 4.98 Å². The lowest BCUT2D eigenvalue weighted by atomic mass is 10.3. The first kappa shape index (κ1) is 8.49. The van der Waals surface area contributed by atoms with Crippen molar-refractivity contribution >= 4 is 33.4 Å². The molecule has 0 bridgehead atoms. The molecule has 0 saturated heterocycles. The van der Waals surface area contributed by atoms with Crippen LogP contribution in [0.15, 0.2) is 16.7 Å². The normalized spacial score (nSPS) is 9.64. The van der Waals surface area contributed by atoms with Crippen molar-refractivity contribution in [3.63, 3.8) is 0 Å². The zero-order valence-electron chi connectivity index (χ0n) is 5.34. The third-order valence-corrected chi connectivity index (χ3v) is 1.85. The lowest BCUT2D eigenvalue weighted by Crippen LogP contribution is -2.13. The second kappa shape index (κ2) is 3.19. The van der Waals surface area contributed by atoms with Gasteiger partial charge in [-0.15, -0.1) is 0 Å². The van der Waals surface area contributed by atoms with E-state index < -0.39 is 5.91 Å². The molecule has 0 spiro atoms. The van der Waals surface area contributed by atoms with Crippen LogP contribution in [0.4, 0.5) is 0 Å². The summed E-state index contributed by atoms with van der Waals surface area (Å²) in [4.78, 5) is 14.3. The molecule has 0 fully saturated rings. The zero-order valence-corrected chi connectivity index (χ0v) is 7.69. The summed E-state index contributed by atoms with van der Waals surface area (Å²) in [5.74, 6) is -0.575. The standard InChI is InChI=1S/C6H4BrClN2O/c7-4-1-3(8)2-10-5(4)6(9)11/h1-2H,(H2,9,11). The summed E-state index contributed by atoms with van der Waals surface area (Å²) >= 11 is 8.68. The Morgan fingerprint density at radius 1 is 1.73 bits per heavy atom. The summed E-state index contributed by atoms with van der Waals surface area (Å²) in [6, 6.07) is 1.56. The maximum Gasteiger partial charge on any atom is 0.268 e. The van der Waals surface area contributed by atoms with Gasteiger partial charge in [0.2, 0.25) is 0 Å². The van der Waals surface area contributed by atoms with E-state index in [0.717, 1.165) is 0 Å². The largest absolute Gasteiger partial charge is 0.364 e. The quantitative estimate of drug-likeness (QED) is 0.804. The Labute approximate surface area is 76.7 Å². The fourth-order valence-corrected chi connectivity index (χ4v) is 1.43. The van der Waals surface area contributed by atoms with Crippen LogP contribution in [0, 0.1) is 0 Å². The first-order valence-corrected chi connectivity index (χ1v) is 3.89. The number of nitrogens with zero attached hydrogens (tertiary/aromatic N) is 1. The number of halogens is 2. The van der Waals surface area contributed by atoms with Gasteiger partial charge in [0.1, 0.15) is 5.69 Å². The molecule has 3 nitrogen and oxygen atoms in total. The van der Waals surface area contributed by atoms with Gasteiger partial charge in [-0.1, -0.05) is 11.6 Å². The van der Waals surface area contributed by atoms with Crippen LogP contribution in [0.1, 0.15) is 10.5 Å². The molecule has 0 aromatic carbocycles. The topological polar surface area (TPSA) is 56.0 Å². The van der Waals surface area contributed by atoms with E-state index in [1.165, 1.54) is 6.20 Å². The fourth-order valence-electron chi connectivity index (χ4n) is 0.596. The number of aromatic nitrogens is 1. The van der Waals surface area contributed by atoms with Gasteiger partial charge >= 0.3 is 0 Å². The number of amides is 1. The number of rotatable bonds is 1. The van der Waals surface area contributed by atoms with E-state index in [4.69, 9.17) is 17.3 Å². The van der Waals surface area contributed by atoms with E-state index in [2.05, 4.69) is 20.9 Å². The summed E-state index contributed by atoms with van der Waals surface area (Å²) in [5, 5.41) is 0.460. The third-order valence-electron chi connectivity index (χ3n) is 1.04. The van der Waals surface area contributed by atoms with Crippen LogP contribution in [0.3, 0.4) is 0 Å². The molecule has 0 aliphatic rings. The van der Waals surface area contributed by atoms with Crippen molar-refractivity contribution in [3.8, 4) is 0 Å². The molecule has 58 valence electrons. The molecule has 1 heterocycles. The van der Waals surface area contributed by atoms with E-state index in [0.29, 0.717) is 9.50 Å². The Balaban J connectivity index is 3.20. The second-order valence-electron chi connectivity index (χ2n) is 1.85. The van der Waals surface area contributed by atoms with E-state index in [9.17, 15) is 4.79 Å². The zero-order chi connectivity index (χ0) is 8.43. The average Bonchev–Trinajstić information content (AvgIpc) is 1.85. The molecule has 0 radical (unpaired) electrons. The maximum atomic E-state index is 10.6. The summed E-state index contributed by atoms with van der Waals surface area (Å²) in [6.45, 7) is 0. The molecule has 0 unspecified atom stereocenters. The molecular weight excluding hydrogens is 231 g/mol. The molecule has 0 atom stereocenters. The fraction of sp³-hybridized carbons (Fsp3) is 0. The minimum atomic E-state index is -0.575. The summed E-state index contributed by atoms with van der Waals surface area (Å²) in [7, 11) is 0. The van der Waals surface area contributed by atoms with Gasteiger partial charge in [0, 0.05) is 6.20 Å². The van der Waals surface area contributed by atoms with Gasteiger partial charge in [-0.05, 0) is 22.0 Å². The molecule has 2 N–H and O–H groups in total. The monoisotopic (exact) mass is 234 g/mol. The minimum absolute atomic E-state index is 0.189. The highest BCUT2D eigenvalue weighted by molar-refractivity contribution is 9.10. The van der Waals surface area contributed by atoms with Gasteiger partial charge in [-0.2, -0.15) is 0 Å². The number of carbonyl (C=O) groups is 1. The van der Waals surface area contributed by atoms with E-state index in [1.807, 2.05) is 0 Å². The van der Waals surface area contributed by atoms with Gasteiger partial charge < -0.3 is 5.73 Å². The average molecular weight is 235 g/mol. The van der Waals surface area contributed by atoms with Crippen molar-refractivity contribution in [3.05, 3.63) is 27.5 Å². The van der Waals surface area contributed by atoms with Gasteiger partial charge in [0.15, 0.2) is 0 Å². The van der Waals surface area contributed by atoms with Gasteiger partial charge in [-0.25, -0.2) is 4.98 Å². The predicted molar refractivity (Wildman–Crippen MR) is 45.5 cm³/mol. The van der Waals surface area contributed by atoms with Crippen LogP contribution >= 0.6 is 27.5 Å². The van der Waals surface area contributed by atoms with E-state index in [1.54, 1.807) is 6.07 Å². The Kier molecular flexibility index (Phi) is 2.46. The highest BCUT2D eigenvalue weighted by atomic mass is 79.9. The number of primary amides is 1. The Morgan fingerprint density at radius 2 is 2.36 bits per heavy atom. The lowest BCUT2D eigenvalue weighted by Gasteiger charge is -1.97. The lowest BCUT2D eigenvalue weighted by molar-refractivity contribution is 0.0995. The van der Waals surface area contributed by atoms with Crippen LogP contribution in [-0.2, 0) is 0 Å². The number of carbonyl (C=O) groups excluding carboxylic acids is 1. The Bertz CT molecular complexity index is 303. The molecule has 0 aliphatic heterocycles.